The number of piperazine rings is 1. The number of halogens is 2. The highest BCUT2D eigenvalue weighted by molar-refractivity contribution is 6.42. The quantitative estimate of drug-likeness (QED) is 0.00717. The number of unbranched alkanes of at least 4 members (excludes halogenated alkanes) is 6. The Balaban J connectivity index is 1.23. The van der Waals surface area contributed by atoms with Crippen molar-refractivity contribution >= 4 is 170 Å². The van der Waals surface area contributed by atoms with E-state index >= 15 is 14.4 Å². The van der Waals surface area contributed by atoms with Gasteiger partial charge >= 0.3 is 23.9 Å². The van der Waals surface area contributed by atoms with Crippen LogP contribution >= 0.6 is 23.2 Å². The number of carbonyl (C=O) groups excluding carboxylic acids is 17. The number of rotatable bonds is 41. The van der Waals surface area contributed by atoms with Crippen LogP contribution in [0.4, 0.5) is 11.4 Å². The molecule has 5 aromatic rings. The van der Waals surface area contributed by atoms with E-state index in [0.717, 1.165) is 64.1 Å². The van der Waals surface area contributed by atoms with Crippen molar-refractivity contribution in [1.82, 2.24) is 84.3 Å². The summed E-state index contributed by atoms with van der Waals surface area (Å²) < 4.78 is 5.82. The largest absolute Gasteiger partial charge is 0.481 e. The van der Waals surface area contributed by atoms with Crippen LogP contribution in [0.25, 0.3) is 17.0 Å². The molecule has 0 saturated carbocycles. The molecule has 13 atom stereocenters. The summed E-state index contributed by atoms with van der Waals surface area (Å²) in [4.78, 5) is 286. The number of esters is 1. The molecule has 2 aliphatic rings. The average Bonchev–Trinajstić information content (AvgIpc) is 1.70. The van der Waals surface area contributed by atoms with Gasteiger partial charge in [0.25, 0.3) is 0 Å². The van der Waals surface area contributed by atoms with Gasteiger partial charge in [0.15, 0.2) is 5.78 Å². The minimum absolute atomic E-state index is 0.00224. The molecule has 7 rings (SSSR count). The lowest BCUT2D eigenvalue weighted by molar-refractivity contribution is -0.156. The number of Topliss-reactive ketones (excluding diaryl/α,β-unsaturated/α-hetero) is 1. The van der Waals surface area contributed by atoms with Crippen LogP contribution in [0.15, 0.2) is 103 Å². The number of anilines is 2. The second-order valence-corrected chi connectivity index (χ2v) is 34.4. The number of nitrogen functional groups attached to an aromatic ring is 1. The number of benzene rings is 4. The number of carbonyl (C=O) groups is 20. The highest BCUT2D eigenvalue weighted by Crippen LogP contribution is 2.29. The molecule has 0 radical (unpaired) electrons. The van der Waals surface area contributed by atoms with Gasteiger partial charge in [-0.25, -0.2) is 4.79 Å². The molecule has 0 bridgehead atoms. The Morgan fingerprint density at radius 3 is 1.82 bits per heavy atom. The standard InChI is InChI=1S/C92H121Cl2N19O26/c1-5-6-7-8-9-10-11-22-73(118)103-65(39-55-46-98-62-20-15-13-17-57(55)62)87(133)107-66(42-72(96)117)88(134)105-64(31-37-114)85(131)111-81-52(4)139-92(138)69(41-71(116)58-18-12-14-19-61(58)95)109-91(137)80(50(2)38-77(122)123)110-89(135)70(49-115)104-75(120)47-99-83(129)67(43-78(124)125)106-82(128)51(3)101-86(132)68(44-79(126)127)108-84(130)63(102-74(119)48-100-90(81)136)21-16-32-97-45-54-25-23-53(24-26-54)27-30-76(121)113-35-33-112(34-36-113)56-28-29-59(93)60(94)40-56/h12-15,17-20,23-30,40,46,50-52,63-70,80-81,97-98,114-115H,5-11,16,21-22,31-39,41-45,47-49,95H2,1-4H3,(H2,96,117)(H,99,129)(H,100,136)(H,101,132)(H,102,119)(H,103,118)(H,104,120)(H,105,134)(H,106,128)(H,107,133)(H,108,130)(H,109,137)(H,110,135)(H,111,131)(H,122,123)(H,124,125)(H,126,127)/b30-27+/t50-,51-,52-,63+,64+,65+,66+,67+,68+,69+,70-,80+,81+/m1/s1. The number of aliphatic hydroxyl groups excluding tert-OH is 2. The zero-order valence-electron chi connectivity index (χ0n) is 77.1. The van der Waals surface area contributed by atoms with Crippen molar-refractivity contribution in [3.63, 3.8) is 0 Å². The predicted octanol–water partition coefficient (Wildman–Crippen LogP) is -1.21. The molecular formula is C92H121Cl2N19O26. The van der Waals surface area contributed by atoms with Crippen molar-refractivity contribution < 1.29 is 126 Å². The van der Waals surface area contributed by atoms with Crippen LogP contribution in [-0.4, -0.2) is 285 Å². The van der Waals surface area contributed by atoms with Crippen LogP contribution in [0.2, 0.25) is 10.0 Å². The van der Waals surface area contributed by atoms with Gasteiger partial charge in [-0.2, -0.15) is 0 Å². The van der Waals surface area contributed by atoms with Gasteiger partial charge in [0.1, 0.15) is 72.6 Å². The van der Waals surface area contributed by atoms with Crippen molar-refractivity contribution in [2.75, 3.05) is 69.7 Å². The first kappa shape index (κ1) is 112. The molecular weight excluding hydrogens is 1860 g/mol. The SMILES string of the molecule is CCCCCCCCCC(=O)N[C@@H](Cc1c[nH]c2ccccc12)C(=O)N[C@@H](CC(N)=O)C(=O)N[C@@H](CCO)C(=O)N[C@@H]1C(=O)NCC(=O)N[C@@H](CCCNCc2ccc(/C=C/C(=O)N3CCN(c4ccc(Cl)c(Cl)c4)CC3)cc2)C(=O)N[C@@H](CC(=O)O)C(=O)N[C@H](C)C(=O)N[C@@H](CC(=O)O)C(=O)NCC(=O)N[C@H](CO)C(=O)N[C@@H]([C@H](C)CC(=O)O)C(=O)N[C@@H](CC(=O)c2ccccc2N)C(=O)O[C@@H]1C. The third-order valence-corrected chi connectivity index (χ3v) is 23.4. The van der Waals surface area contributed by atoms with E-state index in [2.05, 4.69) is 80.6 Å². The third kappa shape index (κ3) is 37.0. The minimum atomic E-state index is -2.37. The Hall–Kier alpha value is -14.2. The van der Waals surface area contributed by atoms with E-state index in [9.17, 15) is 107 Å². The number of hydrogen-bond donors (Lipinski definition) is 22. The van der Waals surface area contributed by atoms with Crippen molar-refractivity contribution in [3.05, 3.63) is 136 Å². The number of aromatic amines is 1. The fourth-order valence-corrected chi connectivity index (χ4v) is 15.3. The predicted molar refractivity (Wildman–Crippen MR) is 503 cm³/mol. The van der Waals surface area contributed by atoms with Gasteiger partial charge < -0.3 is 131 Å². The topological polar surface area (TPSA) is 695 Å². The molecule has 47 heteroatoms. The first-order valence-electron chi connectivity index (χ1n) is 45.3. The molecule has 2 fully saturated rings. The van der Waals surface area contributed by atoms with Gasteiger partial charge in [0, 0.05) is 98.7 Å². The molecule has 1 aromatic heterocycles. The Labute approximate surface area is 809 Å². The van der Waals surface area contributed by atoms with Crippen LogP contribution in [0, 0.1) is 5.92 Å². The zero-order chi connectivity index (χ0) is 102. The van der Waals surface area contributed by atoms with Crippen molar-refractivity contribution in [2.24, 2.45) is 11.7 Å². The number of cyclic esters (lactones) is 1. The first-order valence-corrected chi connectivity index (χ1v) is 46.0. The number of aliphatic carboxylic acids is 3. The second kappa shape index (κ2) is 56.5. The zero-order valence-corrected chi connectivity index (χ0v) is 78.6. The summed E-state index contributed by atoms with van der Waals surface area (Å²) in [5.41, 5.74) is 14.9. The average molecular weight is 1980 g/mol. The number of amides is 15. The number of fused-ring (bicyclic) bond motifs is 1. The van der Waals surface area contributed by atoms with Crippen molar-refractivity contribution in [2.45, 2.75) is 216 Å². The number of carboxylic acid groups (broad SMARTS) is 3. The van der Waals surface area contributed by atoms with Gasteiger partial charge in [-0.05, 0) is 111 Å². The molecule has 2 aliphatic heterocycles. The first-order chi connectivity index (χ1) is 66.1. The number of ether oxygens (including phenoxy) is 1. The number of primary amides is 1. The Morgan fingerprint density at radius 2 is 1.18 bits per heavy atom. The van der Waals surface area contributed by atoms with E-state index in [1.54, 1.807) is 77.8 Å². The molecule has 754 valence electrons. The summed E-state index contributed by atoms with van der Waals surface area (Å²) in [5, 5.41) is 84.9. The van der Waals surface area contributed by atoms with E-state index in [1.165, 1.54) is 30.3 Å². The lowest BCUT2D eigenvalue weighted by Gasteiger charge is -2.35. The van der Waals surface area contributed by atoms with Gasteiger partial charge in [-0.1, -0.05) is 130 Å². The Bertz CT molecular complexity index is 5250. The Morgan fingerprint density at radius 1 is 0.583 bits per heavy atom. The van der Waals surface area contributed by atoms with Gasteiger partial charge in [-0.3, -0.25) is 91.1 Å². The van der Waals surface area contributed by atoms with E-state index in [-0.39, 0.29) is 55.9 Å². The summed E-state index contributed by atoms with van der Waals surface area (Å²) in [6.45, 7) is 2.66. The van der Waals surface area contributed by atoms with Crippen molar-refractivity contribution in [3.8, 4) is 0 Å². The molecule has 24 N–H and O–H groups in total. The normalized spacial score (nSPS) is 20.3. The number of nitrogens with two attached hydrogens (primary N) is 2. The molecule has 139 heavy (non-hydrogen) atoms. The van der Waals surface area contributed by atoms with Gasteiger partial charge in [0.05, 0.1) is 55.4 Å². The molecule has 0 unspecified atom stereocenters. The van der Waals surface area contributed by atoms with E-state index in [1.807, 2.05) is 16.7 Å². The van der Waals surface area contributed by atoms with Crippen LogP contribution in [0.1, 0.15) is 157 Å². The van der Waals surface area contributed by atoms with Gasteiger partial charge in [-0.15, -0.1) is 0 Å². The number of aliphatic hydroxyl groups is 2. The summed E-state index contributed by atoms with van der Waals surface area (Å²) in [5.74, 6) is -27.4. The van der Waals surface area contributed by atoms with E-state index in [0.29, 0.717) is 71.1 Å². The molecule has 3 heterocycles. The summed E-state index contributed by atoms with van der Waals surface area (Å²) in [6.07, 6.45) is 1.75. The maximum Gasteiger partial charge on any atom is 0.329 e. The maximum atomic E-state index is 15.1. The monoisotopic (exact) mass is 1980 g/mol. The number of nitrogens with one attached hydrogen (secondary N) is 15. The maximum absolute atomic E-state index is 15.1. The molecule has 4 aromatic carbocycles. The molecule has 45 nitrogen and oxygen atoms in total. The minimum Gasteiger partial charge on any atom is -0.481 e. The Kier molecular flexibility index (Phi) is 45.5. The number of nitrogens with zero attached hydrogens (tertiary/aromatic N) is 2. The van der Waals surface area contributed by atoms with Gasteiger partial charge in [0.2, 0.25) is 88.6 Å². The smallest absolute Gasteiger partial charge is 0.329 e. The number of ketones is 1. The van der Waals surface area contributed by atoms with Crippen LogP contribution in [0.3, 0.4) is 0 Å². The number of hydrogen-bond acceptors (Lipinski definition) is 26. The molecule has 15 amide bonds. The number of H-pyrrole nitrogens is 1. The van der Waals surface area contributed by atoms with Crippen LogP contribution < -0.4 is 90.8 Å². The van der Waals surface area contributed by atoms with E-state index < -0.39 is 256 Å². The highest BCUT2D eigenvalue weighted by atomic mass is 35.5. The second-order valence-electron chi connectivity index (χ2n) is 33.5. The fraction of sp³-hybridized carbons (Fsp3) is 0.478. The lowest BCUT2D eigenvalue weighted by Crippen LogP contribution is -2.61. The molecule has 0 aliphatic carbocycles. The summed E-state index contributed by atoms with van der Waals surface area (Å²) >= 11 is 12.4. The van der Waals surface area contributed by atoms with E-state index in [4.69, 9.17) is 39.4 Å². The highest BCUT2D eigenvalue weighted by Gasteiger charge is 2.41. The molecule has 0 spiro atoms. The van der Waals surface area contributed by atoms with Crippen molar-refractivity contribution in [1.29, 1.82) is 0 Å². The fourth-order valence-electron chi connectivity index (χ4n) is 15.0. The number of aromatic nitrogens is 1. The number of para-hydroxylation sites is 2. The lowest BCUT2D eigenvalue weighted by atomic mass is 9.96. The molecule has 2 saturated heterocycles. The van der Waals surface area contributed by atoms with Crippen LogP contribution in [0.5, 0.6) is 0 Å². The summed E-state index contributed by atoms with van der Waals surface area (Å²) in [7, 11) is 0. The third-order valence-electron chi connectivity index (χ3n) is 22.6. The summed E-state index contributed by atoms with van der Waals surface area (Å²) in [6, 6.07) is 2.45. The number of carboxylic acids is 3. The van der Waals surface area contributed by atoms with Crippen LogP contribution in [-0.2, 0) is 109 Å².